The minimum absolute atomic E-state index is 0.345. The van der Waals surface area contributed by atoms with E-state index in [4.69, 9.17) is 16.3 Å². The van der Waals surface area contributed by atoms with Crippen LogP contribution in [0.4, 0.5) is 5.69 Å². The molecule has 0 heterocycles. The number of nitrogens with zero attached hydrogens (tertiary/aromatic N) is 1. The Bertz CT molecular complexity index is 967. The maximum atomic E-state index is 11.6. The van der Waals surface area contributed by atoms with Crippen LogP contribution in [0.5, 0.6) is 0 Å². The van der Waals surface area contributed by atoms with Crippen LogP contribution in [-0.2, 0) is 4.74 Å². The normalized spacial score (nSPS) is 10.9. The van der Waals surface area contributed by atoms with Gasteiger partial charge in [-0.05, 0) is 72.6 Å². The first-order chi connectivity index (χ1) is 13.0. The second-order valence-corrected chi connectivity index (χ2v) is 7.46. The second-order valence-electron chi connectivity index (χ2n) is 5.88. The number of hydrogen-bond acceptors (Lipinski definition) is 4. The Labute approximate surface area is 168 Å². The molecular formula is C22H18ClNO2S. The van der Waals surface area contributed by atoms with Crippen molar-refractivity contribution in [3.05, 3.63) is 88.4 Å². The molecule has 0 fully saturated rings. The molecule has 0 unspecified atom stereocenters. The van der Waals surface area contributed by atoms with E-state index >= 15 is 0 Å². The smallest absolute Gasteiger partial charge is 0.337 e. The molecule has 0 saturated carbocycles. The van der Waals surface area contributed by atoms with Crippen molar-refractivity contribution < 1.29 is 9.53 Å². The fraction of sp³-hybridized carbons (Fsp3) is 0.0909. The molecule has 0 aliphatic heterocycles. The van der Waals surface area contributed by atoms with Gasteiger partial charge in [-0.25, -0.2) is 4.79 Å². The standard InChI is InChI=1S/C22H18ClNO2S/c1-15-13-17(22(25)26-2)5-12-21(15)24-14-16-3-8-19(9-4-16)27-20-10-6-18(23)7-11-20/h3-14H,1-2H3. The number of carbonyl (C=O) groups excluding carboxylic acids is 1. The van der Waals surface area contributed by atoms with Gasteiger partial charge in [-0.1, -0.05) is 35.5 Å². The van der Waals surface area contributed by atoms with Gasteiger partial charge in [0.05, 0.1) is 18.4 Å². The van der Waals surface area contributed by atoms with Crippen LogP contribution in [0.2, 0.25) is 5.02 Å². The maximum Gasteiger partial charge on any atom is 0.337 e. The number of esters is 1. The van der Waals surface area contributed by atoms with E-state index in [2.05, 4.69) is 17.1 Å². The van der Waals surface area contributed by atoms with Crippen LogP contribution < -0.4 is 0 Å². The summed E-state index contributed by atoms with van der Waals surface area (Å²) in [7, 11) is 1.37. The van der Waals surface area contributed by atoms with Crippen molar-refractivity contribution >= 4 is 41.2 Å². The SMILES string of the molecule is COC(=O)c1ccc(N=Cc2ccc(Sc3ccc(Cl)cc3)cc2)c(C)c1. The van der Waals surface area contributed by atoms with Gasteiger partial charge >= 0.3 is 5.97 Å². The molecule has 0 N–H and O–H groups in total. The summed E-state index contributed by atoms with van der Waals surface area (Å²) in [5.41, 5.74) is 3.27. The summed E-state index contributed by atoms with van der Waals surface area (Å²) < 4.78 is 4.73. The van der Waals surface area contributed by atoms with Crippen LogP contribution in [0.25, 0.3) is 0 Å². The van der Waals surface area contributed by atoms with Gasteiger partial charge in [-0.3, -0.25) is 4.99 Å². The minimum Gasteiger partial charge on any atom is -0.465 e. The number of halogens is 1. The number of hydrogen-bond donors (Lipinski definition) is 0. The summed E-state index contributed by atoms with van der Waals surface area (Å²) in [6, 6.07) is 21.3. The number of benzene rings is 3. The molecule has 27 heavy (non-hydrogen) atoms. The van der Waals surface area contributed by atoms with Crippen molar-refractivity contribution in [3.8, 4) is 0 Å². The summed E-state index contributed by atoms with van der Waals surface area (Å²) >= 11 is 7.60. The Balaban J connectivity index is 1.69. The first-order valence-corrected chi connectivity index (χ1v) is 9.51. The van der Waals surface area contributed by atoms with Gasteiger partial charge < -0.3 is 4.74 Å². The van der Waals surface area contributed by atoms with Crippen LogP contribution in [-0.4, -0.2) is 19.3 Å². The first-order valence-electron chi connectivity index (χ1n) is 8.31. The Morgan fingerprint density at radius 3 is 2.22 bits per heavy atom. The maximum absolute atomic E-state index is 11.6. The van der Waals surface area contributed by atoms with E-state index in [1.165, 1.54) is 7.11 Å². The Hall–Kier alpha value is -2.56. The van der Waals surface area contributed by atoms with Gasteiger partial charge in [-0.15, -0.1) is 0 Å². The molecule has 0 radical (unpaired) electrons. The highest BCUT2D eigenvalue weighted by Gasteiger charge is 2.06. The highest BCUT2D eigenvalue weighted by Crippen LogP contribution is 2.28. The van der Waals surface area contributed by atoms with Crippen molar-refractivity contribution in [2.45, 2.75) is 16.7 Å². The number of methoxy groups -OCH3 is 1. The quantitative estimate of drug-likeness (QED) is 0.374. The van der Waals surface area contributed by atoms with E-state index in [1.54, 1.807) is 23.9 Å². The Morgan fingerprint density at radius 1 is 1.00 bits per heavy atom. The van der Waals surface area contributed by atoms with Crippen molar-refractivity contribution in [2.24, 2.45) is 4.99 Å². The van der Waals surface area contributed by atoms with Crippen molar-refractivity contribution in [1.82, 2.24) is 0 Å². The van der Waals surface area contributed by atoms with Gasteiger partial charge in [0.15, 0.2) is 0 Å². The van der Waals surface area contributed by atoms with Crippen molar-refractivity contribution in [1.29, 1.82) is 0 Å². The van der Waals surface area contributed by atoms with E-state index in [0.717, 1.165) is 31.6 Å². The largest absolute Gasteiger partial charge is 0.465 e. The lowest BCUT2D eigenvalue weighted by Crippen LogP contribution is -2.00. The van der Waals surface area contributed by atoms with E-state index in [-0.39, 0.29) is 5.97 Å². The number of aryl methyl sites for hydroxylation is 1. The summed E-state index contributed by atoms with van der Waals surface area (Å²) in [5, 5.41) is 0.737. The average Bonchev–Trinajstić information content (AvgIpc) is 2.69. The summed E-state index contributed by atoms with van der Waals surface area (Å²) in [4.78, 5) is 18.4. The third kappa shape index (κ3) is 5.22. The highest BCUT2D eigenvalue weighted by atomic mass is 35.5. The number of ether oxygens (including phenoxy) is 1. The molecule has 3 nitrogen and oxygen atoms in total. The molecule has 0 bridgehead atoms. The molecule has 136 valence electrons. The number of aliphatic imine (C=N–C) groups is 1. The predicted molar refractivity (Wildman–Crippen MR) is 112 cm³/mol. The lowest BCUT2D eigenvalue weighted by Gasteiger charge is -2.04. The van der Waals surface area contributed by atoms with Crippen LogP contribution in [0.1, 0.15) is 21.5 Å². The van der Waals surface area contributed by atoms with E-state index in [0.29, 0.717) is 5.56 Å². The lowest BCUT2D eigenvalue weighted by molar-refractivity contribution is 0.0600. The van der Waals surface area contributed by atoms with Crippen LogP contribution in [0, 0.1) is 6.92 Å². The first kappa shape index (κ1) is 19.2. The Morgan fingerprint density at radius 2 is 1.63 bits per heavy atom. The monoisotopic (exact) mass is 395 g/mol. The molecule has 0 atom stereocenters. The van der Waals surface area contributed by atoms with Crippen LogP contribution in [0.3, 0.4) is 0 Å². The molecular weight excluding hydrogens is 378 g/mol. The summed E-state index contributed by atoms with van der Waals surface area (Å²) in [6.45, 7) is 1.92. The zero-order valence-electron chi connectivity index (χ0n) is 15.0. The number of rotatable bonds is 5. The fourth-order valence-electron chi connectivity index (χ4n) is 2.45. The van der Waals surface area contributed by atoms with Crippen LogP contribution in [0.15, 0.2) is 81.5 Å². The molecule has 5 heteroatoms. The predicted octanol–water partition coefficient (Wildman–Crippen LogP) is 6.34. The molecule has 0 saturated heterocycles. The lowest BCUT2D eigenvalue weighted by atomic mass is 10.1. The second kappa shape index (κ2) is 8.89. The summed E-state index contributed by atoms with van der Waals surface area (Å²) in [6.07, 6.45) is 1.82. The fourth-order valence-corrected chi connectivity index (χ4v) is 3.39. The molecule has 3 aromatic rings. The molecule has 0 aliphatic carbocycles. The molecule has 3 rings (SSSR count). The zero-order chi connectivity index (χ0) is 19.2. The number of carbonyl (C=O) groups is 1. The van der Waals surface area contributed by atoms with E-state index < -0.39 is 0 Å². The third-order valence-electron chi connectivity index (χ3n) is 3.90. The minimum atomic E-state index is -0.345. The van der Waals surface area contributed by atoms with Gasteiger partial charge in [0.1, 0.15) is 0 Å². The highest BCUT2D eigenvalue weighted by molar-refractivity contribution is 7.99. The van der Waals surface area contributed by atoms with Gasteiger partial charge in [0.2, 0.25) is 0 Å². The molecule has 0 aromatic heterocycles. The van der Waals surface area contributed by atoms with Gasteiger partial charge in [0, 0.05) is 21.0 Å². The summed E-state index contributed by atoms with van der Waals surface area (Å²) in [5.74, 6) is -0.345. The topological polar surface area (TPSA) is 38.7 Å². The van der Waals surface area contributed by atoms with Gasteiger partial charge in [0.25, 0.3) is 0 Å². The molecule has 0 aliphatic rings. The van der Waals surface area contributed by atoms with Crippen molar-refractivity contribution in [2.75, 3.05) is 7.11 Å². The third-order valence-corrected chi connectivity index (χ3v) is 5.17. The van der Waals surface area contributed by atoms with Crippen LogP contribution >= 0.6 is 23.4 Å². The van der Waals surface area contributed by atoms with E-state index in [9.17, 15) is 4.79 Å². The molecule has 0 spiro atoms. The van der Waals surface area contributed by atoms with Gasteiger partial charge in [-0.2, -0.15) is 0 Å². The average molecular weight is 396 g/mol. The Kier molecular flexibility index (Phi) is 6.32. The van der Waals surface area contributed by atoms with Crippen molar-refractivity contribution in [3.63, 3.8) is 0 Å². The molecule has 3 aromatic carbocycles. The zero-order valence-corrected chi connectivity index (χ0v) is 16.6. The van der Waals surface area contributed by atoms with E-state index in [1.807, 2.05) is 55.6 Å². The molecule has 0 amide bonds.